The molecule has 0 bridgehead atoms. The van der Waals surface area contributed by atoms with E-state index in [4.69, 9.17) is 4.98 Å². The summed E-state index contributed by atoms with van der Waals surface area (Å²) in [6.45, 7) is 14.3. The van der Waals surface area contributed by atoms with Gasteiger partial charge in [0.15, 0.2) is 0 Å². The minimum Gasteiger partial charge on any atom is -0.312 e. The fourth-order valence-corrected chi connectivity index (χ4v) is 1.77. The van der Waals surface area contributed by atoms with Crippen LogP contribution in [0, 0.1) is 0 Å². The van der Waals surface area contributed by atoms with E-state index in [0.717, 1.165) is 19.4 Å². The number of rotatable bonds is 4. The molecule has 1 aromatic rings. The lowest BCUT2D eigenvalue weighted by molar-refractivity contribution is 0.421. The van der Waals surface area contributed by atoms with Crippen molar-refractivity contribution in [3.05, 3.63) is 29.6 Å². The molecule has 0 aliphatic carbocycles. The zero-order valence-corrected chi connectivity index (χ0v) is 12.8. The van der Waals surface area contributed by atoms with Crippen molar-refractivity contribution in [1.82, 2.24) is 10.3 Å². The predicted molar refractivity (Wildman–Crippen MR) is 79.0 cm³/mol. The Kier molecular flexibility index (Phi) is 4.92. The van der Waals surface area contributed by atoms with Crippen molar-refractivity contribution >= 4 is 0 Å². The van der Waals surface area contributed by atoms with E-state index >= 15 is 0 Å². The van der Waals surface area contributed by atoms with Crippen LogP contribution in [0.25, 0.3) is 0 Å². The summed E-state index contributed by atoms with van der Waals surface area (Å²) < 4.78 is 0. The van der Waals surface area contributed by atoms with Crippen LogP contribution in [-0.2, 0) is 11.8 Å². The van der Waals surface area contributed by atoms with Gasteiger partial charge in [-0.2, -0.15) is 0 Å². The van der Waals surface area contributed by atoms with Crippen molar-refractivity contribution in [3.8, 4) is 0 Å². The van der Waals surface area contributed by atoms with Gasteiger partial charge in [0.2, 0.25) is 0 Å². The third-order valence-corrected chi connectivity index (χ3v) is 2.84. The molecule has 0 saturated carbocycles. The van der Waals surface area contributed by atoms with Crippen molar-refractivity contribution in [2.24, 2.45) is 0 Å². The topological polar surface area (TPSA) is 24.9 Å². The first-order valence-electron chi connectivity index (χ1n) is 6.90. The summed E-state index contributed by atoms with van der Waals surface area (Å²) in [4.78, 5) is 4.75. The van der Waals surface area contributed by atoms with Gasteiger partial charge in [-0.05, 0) is 52.3 Å². The highest BCUT2D eigenvalue weighted by Crippen LogP contribution is 2.20. The van der Waals surface area contributed by atoms with E-state index in [2.05, 4.69) is 65.1 Å². The van der Waals surface area contributed by atoms with Gasteiger partial charge in [0.25, 0.3) is 0 Å². The van der Waals surface area contributed by atoms with Gasteiger partial charge in [0.1, 0.15) is 0 Å². The molecule has 0 radical (unpaired) electrons. The molecule has 0 fully saturated rings. The van der Waals surface area contributed by atoms with Crippen LogP contribution in [0.15, 0.2) is 18.2 Å². The first-order chi connectivity index (χ1) is 8.18. The lowest BCUT2D eigenvalue weighted by Gasteiger charge is -2.20. The maximum atomic E-state index is 4.75. The lowest BCUT2D eigenvalue weighted by Crippen LogP contribution is -2.36. The Morgan fingerprint density at radius 1 is 1.06 bits per heavy atom. The third kappa shape index (κ3) is 5.63. The second kappa shape index (κ2) is 5.83. The van der Waals surface area contributed by atoms with E-state index in [1.807, 2.05) is 0 Å². The Morgan fingerprint density at radius 3 is 2.28 bits per heavy atom. The number of pyridine rings is 1. The zero-order valence-electron chi connectivity index (χ0n) is 12.8. The molecule has 102 valence electrons. The fraction of sp³-hybridized carbons (Fsp3) is 0.688. The highest BCUT2D eigenvalue weighted by atomic mass is 14.9. The quantitative estimate of drug-likeness (QED) is 0.822. The Labute approximate surface area is 112 Å². The molecule has 1 rings (SSSR count). The van der Waals surface area contributed by atoms with Crippen LogP contribution in [0.3, 0.4) is 0 Å². The molecular formula is C16H28N2. The average Bonchev–Trinajstić information content (AvgIpc) is 2.22. The van der Waals surface area contributed by atoms with E-state index in [9.17, 15) is 0 Å². The highest BCUT2D eigenvalue weighted by molar-refractivity contribution is 5.17. The minimum absolute atomic E-state index is 0.139. The molecule has 2 heteroatoms. The van der Waals surface area contributed by atoms with Crippen molar-refractivity contribution in [3.63, 3.8) is 0 Å². The molecule has 0 spiro atoms. The second-order valence-corrected chi connectivity index (χ2v) is 7.04. The van der Waals surface area contributed by atoms with Crippen LogP contribution in [0.1, 0.15) is 59.4 Å². The molecular weight excluding hydrogens is 220 g/mol. The fourth-order valence-electron chi connectivity index (χ4n) is 1.77. The Balaban J connectivity index is 2.49. The molecule has 0 amide bonds. The normalized spacial score (nSPS) is 12.8. The molecule has 1 N–H and O–H groups in total. The van der Waals surface area contributed by atoms with Crippen molar-refractivity contribution < 1.29 is 0 Å². The van der Waals surface area contributed by atoms with E-state index in [-0.39, 0.29) is 11.0 Å². The van der Waals surface area contributed by atoms with Crippen molar-refractivity contribution in [1.29, 1.82) is 0 Å². The number of aromatic nitrogens is 1. The number of hydrogen-bond acceptors (Lipinski definition) is 2. The smallest absolute Gasteiger partial charge is 0.0460 e. The van der Waals surface area contributed by atoms with Crippen LogP contribution in [0.5, 0.6) is 0 Å². The molecule has 0 saturated heterocycles. The van der Waals surface area contributed by atoms with Crippen LogP contribution in [0.2, 0.25) is 0 Å². The summed E-state index contributed by atoms with van der Waals surface area (Å²) in [5, 5.41) is 3.51. The van der Waals surface area contributed by atoms with E-state index in [1.165, 1.54) is 11.4 Å². The summed E-state index contributed by atoms with van der Waals surface area (Å²) in [5.41, 5.74) is 2.74. The summed E-state index contributed by atoms with van der Waals surface area (Å²) in [6, 6.07) is 6.38. The largest absolute Gasteiger partial charge is 0.312 e. The Bertz CT molecular complexity index is 369. The molecule has 1 aromatic heterocycles. The van der Waals surface area contributed by atoms with Crippen LogP contribution < -0.4 is 5.32 Å². The maximum Gasteiger partial charge on any atom is 0.0460 e. The Hall–Kier alpha value is -0.890. The molecule has 0 aromatic carbocycles. The molecule has 0 atom stereocenters. The van der Waals surface area contributed by atoms with E-state index < -0.39 is 0 Å². The van der Waals surface area contributed by atoms with E-state index in [0.29, 0.717) is 0 Å². The predicted octanol–water partition coefficient (Wildman–Crippen LogP) is 3.70. The standard InChI is InChI=1S/C16H28N2/c1-15(2,3)14-11-7-9-13(18-14)10-8-12-17-16(4,5)6/h7,9,11,17H,8,10,12H2,1-6H3. The van der Waals surface area contributed by atoms with Crippen LogP contribution in [-0.4, -0.2) is 17.1 Å². The molecule has 0 aliphatic rings. The summed E-state index contributed by atoms with van der Waals surface area (Å²) in [7, 11) is 0. The number of nitrogens with one attached hydrogen (secondary N) is 1. The molecule has 2 nitrogen and oxygen atoms in total. The van der Waals surface area contributed by atoms with Crippen molar-refractivity contribution in [2.75, 3.05) is 6.54 Å². The first kappa shape index (κ1) is 15.2. The first-order valence-corrected chi connectivity index (χ1v) is 6.90. The van der Waals surface area contributed by atoms with Gasteiger partial charge in [-0.1, -0.05) is 26.8 Å². The number of hydrogen-bond donors (Lipinski definition) is 1. The van der Waals surface area contributed by atoms with Gasteiger partial charge in [-0.25, -0.2) is 0 Å². The van der Waals surface area contributed by atoms with E-state index in [1.54, 1.807) is 0 Å². The van der Waals surface area contributed by atoms with Gasteiger partial charge in [0, 0.05) is 22.3 Å². The molecule has 1 heterocycles. The number of aryl methyl sites for hydroxylation is 1. The lowest BCUT2D eigenvalue weighted by atomic mass is 9.91. The Morgan fingerprint density at radius 2 is 1.72 bits per heavy atom. The molecule has 0 aliphatic heterocycles. The summed E-state index contributed by atoms with van der Waals surface area (Å²) in [6.07, 6.45) is 2.19. The van der Waals surface area contributed by atoms with Gasteiger partial charge in [-0.3, -0.25) is 4.98 Å². The van der Waals surface area contributed by atoms with Crippen LogP contribution >= 0.6 is 0 Å². The summed E-state index contributed by atoms with van der Waals surface area (Å²) in [5.74, 6) is 0. The minimum atomic E-state index is 0.139. The molecule has 0 unspecified atom stereocenters. The molecule has 18 heavy (non-hydrogen) atoms. The summed E-state index contributed by atoms with van der Waals surface area (Å²) >= 11 is 0. The second-order valence-electron chi connectivity index (χ2n) is 7.04. The third-order valence-electron chi connectivity index (χ3n) is 2.84. The van der Waals surface area contributed by atoms with Crippen molar-refractivity contribution in [2.45, 2.75) is 65.3 Å². The zero-order chi connectivity index (χ0) is 13.8. The SMILES string of the molecule is CC(C)(C)NCCCc1cccc(C(C)(C)C)n1. The van der Waals surface area contributed by atoms with Gasteiger partial charge < -0.3 is 5.32 Å². The maximum absolute atomic E-state index is 4.75. The highest BCUT2D eigenvalue weighted by Gasteiger charge is 2.15. The van der Waals surface area contributed by atoms with Gasteiger partial charge >= 0.3 is 0 Å². The van der Waals surface area contributed by atoms with Gasteiger partial charge in [0.05, 0.1) is 0 Å². The number of nitrogens with zero attached hydrogens (tertiary/aromatic N) is 1. The average molecular weight is 248 g/mol. The van der Waals surface area contributed by atoms with Crippen LogP contribution in [0.4, 0.5) is 0 Å². The monoisotopic (exact) mass is 248 g/mol. The van der Waals surface area contributed by atoms with Gasteiger partial charge in [-0.15, -0.1) is 0 Å².